The van der Waals surface area contributed by atoms with Gasteiger partial charge in [0.25, 0.3) is 5.91 Å². The minimum atomic E-state index is -0.0688. The van der Waals surface area contributed by atoms with E-state index in [1.165, 1.54) is 11.1 Å². The molecule has 0 N–H and O–H groups in total. The molecule has 5 rings (SSSR count). The van der Waals surface area contributed by atoms with Gasteiger partial charge in [0.05, 0.1) is 5.56 Å². The Morgan fingerprint density at radius 2 is 1.26 bits per heavy atom. The molecule has 1 aliphatic heterocycles. The first-order valence-electron chi connectivity index (χ1n) is 11.2. The zero-order valence-electron chi connectivity index (χ0n) is 18.6. The van der Waals surface area contributed by atoms with Crippen molar-refractivity contribution < 1.29 is 14.3 Å². The van der Waals surface area contributed by atoms with E-state index in [1.807, 2.05) is 89.8 Å². The molecule has 0 aliphatic carbocycles. The van der Waals surface area contributed by atoms with Gasteiger partial charge in [0, 0.05) is 23.6 Å². The largest absolute Gasteiger partial charge is 0.489 e. The third-order valence-electron chi connectivity index (χ3n) is 5.85. The monoisotopic (exact) mass is 513 g/mol. The molecule has 0 atom stereocenters. The molecule has 0 unspecified atom stereocenters. The highest BCUT2D eigenvalue weighted by atomic mass is 79.9. The summed E-state index contributed by atoms with van der Waals surface area (Å²) in [4.78, 5) is 15.5. The van der Waals surface area contributed by atoms with Crippen LogP contribution in [0.1, 0.15) is 32.6 Å². The van der Waals surface area contributed by atoms with Crippen LogP contribution in [0.3, 0.4) is 0 Å². The summed E-state index contributed by atoms with van der Waals surface area (Å²) >= 11 is 3.63. The van der Waals surface area contributed by atoms with Gasteiger partial charge in [0.1, 0.15) is 24.7 Å². The van der Waals surface area contributed by atoms with E-state index in [0.29, 0.717) is 47.8 Å². The van der Waals surface area contributed by atoms with Gasteiger partial charge in [-0.15, -0.1) is 0 Å². The van der Waals surface area contributed by atoms with E-state index in [2.05, 4.69) is 28.1 Å². The van der Waals surface area contributed by atoms with E-state index in [0.717, 1.165) is 11.1 Å². The van der Waals surface area contributed by atoms with E-state index in [1.54, 1.807) is 0 Å². The quantitative estimate of drug-likeness (QED) is 0.274. The number of nitrogens with zero attached hydrogens (tertiary/aromatic N) is 1. The lowest BCUT2D eigenvalue weighted by atomic mass is 10.1. The van der Waals surface area contributed by atoms with Crippen LogP contribution < -0.4 is 9.47 Å². The van der Waals surface area contributed by atoms with E-state index < -0.39 is 0 Å². The maximum absolute atomic E-state index is 13.6. The van der Waals surface area contributed by atoms with Gasteiger partial charge < -0.3 is 14.4 Å². The van der Waals surface area contributed by atoms with Crippen LogP contribution in [0, 0.1) is 0 Å². The number of hydrogen-bond donors (Lipinski definition) is 0. The van der Waals surface area contributed by atoms with Crippen molar-refractivity contribution in [3.63, 3.8) is 0 Å². The summed E-state index contributed by atoms with van der Waals surface area (Å²) in [5.74, 6) is 1.07. The molecule has 0 radical (unpaired) electrons. The van der Waals surface area contributed by atoms with Crippen molar-refractivity contribution >= 4 is 21.8 Å². The van der Waals surface area contributed by atoms with Crippen LogP contribution in [0.2, 0.25) is 0 Å². The zero-order valence-corrected chi connectivity index (χ0v) is 20.2. The molecule has 4 nitrogen and oxygen atoms in total. The zero-order chi connectivity index (χ0) is 23.3. The Morgan fingerprint density at radius 1 is 0.735 bits per heavy atom. The summed E-state index contributed by atoms with van der Waals surface area (Å²) in [6.45, 7) is 1.97. The molecule has 0 saturated heterocycles. The Bertz CT molecular complexity index is 1270. The number of fused-ring (bicyclic) bond motifs is 1. The van der Waals surface area contributed by atoms with Crippen LogP contribution in [0.5, 0.6) is 11.5 Å². The first kappa shape index (κ1) is 22.2. The predicted octanol–water partition coefficient (Wildman–Crippen LogP) is 6.76. The Balaban J connectivity index is 1.42. The molecule has 4 aromatic carbocycles. The second kappa shape index (κ2) is 10.1. The molecule has 34 heavy (non-hydrogen) atoms. The number of halogens is 1. The number of amides is 1. The number of benzene rings is 4. The number of hydrogen-bond acceptors (Lipinski definition) is 3. The topological polar surface area (TPSA) is 38.8 Å². The van der Waals surface area contributed by atoms with Crippen LogP contribution in [0.25, 0.3) is 0 Å². The predicted molar refractivity (Wildman–Crippen MR) is 136 cm³/mol. The van der Waals surface area contributed by atoms with Crippen LogP contribution in [-0.2, 0) is 26.3 Å². The van der Waals surface area contributed by atoms with Crippen molar-refractivity contribution in [1.82, 2.24) is 4.90 Å². The molecule has 0 saturated carbocycles. The Kier molecular flexibility index (Phi) is 6.63. The van der Waals surface area contributed by atoms with Gasteiger partial charge in [-0.1, -0.05) is 84.9 Å². The second-order valence-corrected chi connectivity index (χ2v) is 9.11. The highest BCUT2D eigenvalue weighted by Gasteiger charge is 2.28. The van der Waals surface area contributed by atoms with Crippen LogP contribution >= 0.6 is 15.9 Å². The first-order chi connectivity index (χ1) is 16.7. The van der Waals surface area contributed by atoms with E-state index in [4.69, 9.17) is 9.47 Å². The molecule has 0 aromatic heterocycles. The summed E-state index contributed by atoms with van der Waals surface area (Å²) in [5, 5.41) is 0. The number of carbonyl (C=O) groups excluding carboxylic acids is 1. The molecular formula is C29H24BrNO3. The van der Waals surface area contributed by atoms with Crippen molar-refractivity contribution in [3.05, 3.63) is 129 Å². The van der Waals surface area contributed by atoms with Crippen LogP contribution in [0.15, 0.2) is 102 Å². The lowest BCUT2D eigenvalue weighted by Gasteiger charge is -2.20. The lowest BCUT2D eigenvalue weighted by Crippen LogP contribution is -2.26. The molecule has 0 spiro atoms. The minimum absolute atomic E-state index is 0.0688. The number of ether oxygens (including phenoxy) is 2. The summed E-state index contributed by atoms with van der Waals surface area (Å²) in [7, 11) is 0. The smallest absolute Gasteiger partial charge is 0.259 e. The molecule has 0 bridgehead atoms. The molecule has 1 heterocycles. The van der Waals surface area contributed by atoms with Gasteiger partial charge in [-0.3, -0.25) is 4.79 Å². The van der Waals surface area contributed by atoms with Crippen molar-refractivity contribution in [2.45, 2.75) is 26.3 Å². The fraction of sp³-hybridized carbons (Fsp3) is 0.138. The Labute approximate surface area is 207 Å². The summed E-state index contributed by atoms with van der Waals surface area (Å²) in [5.41, 5.74) is 4.97. The summed E-state index contributed by atoms with van der Waals surface area (Å²) in [6, 6.07) is 31.7. The average molecular weight is 514 g/mol. The molecular weight excluding hydrogens is 490 g/mol. The molecule has 5 heteroatoms. The van der Waals surface area contributed by atoms with Gasteiger partial charge in [-0.25, -0.2) is 0 Å². The SMILES string of the molecule is O=C(c1c(Br)cc(OCc2ccccc2)cc1OCc1ccccc1)N1Cc2ccccc2C1. The Hall–Kier alpha value is -3.57. The maximum atomic E-state index is 13.6. The summed E-state index contributed by atoms with van der Waals surface area (Å²) < 4.78 is 12.9. The van der Waals surface area contributed by atoms with Crippen molar-refractivity contribution in [2.75, 3.05) is 0 Å². The molecule has 0 fully saturated rings. The second-order valence-electron chi connectivity index (χ2n) is 8.26. The van der Waals surface area contributed by atoms with Crippen LogP contribution in [-0.4, -0.2) is 10.8 Å². The van der Waals surface area contributed by atoms with Gasteiger partial charge in [-0.05, 0) is 44.3 Å². The molecule has 1 aliphatic rings. The number of rotatable bonds is 7. The highest BCUT2D eigenvalue weighted by molar-refractivity contribution is 9.10. The highest BCUT2D eigenvalue weighted by Crippen LogP contribution is 2.36. The average Bonchev–Trinajstić information content (AvgIpc) is 3.31. The fourth-order valence-corrected chi connectivity index (χ4v) is 4.66. The first-order valence-corrected chi connectivity index (χ1v) is 12.0. The van der Waals surface area contributed by atoms with E-state index >= 15 is 0 Å². The van der Waals surface area contributed by atoms with Gasteiger partial charge >= 0.3 is 0 Å². The Morgan fingerprint density at radius 3 is 1.85 bits per heavy atom. The third-order valence-corrected chi connectivity index (χ3v) is 6.48. The standard InChI is InChI=1S/C29H24BrNO3/c30-26-15-25(33-19-21-9-3-1-4-10-21)16-27(34-20-22-11-5-2-6-12-22)28(26)29(32)31-17-23-13-7-8-14-24(23)18-31/h1-16H,17-20H2. The van der Waals surface area contributed by atoms with Crippen molar-refractivity contribution in [3.8, 4) is 11.5 Å². The van der Waals surface area contributed by atoms with Crippen molar-refractivity contribution in [1.29, 1.82) is 0 Å². The van der Waals surface area contributed by atoms with E-state index in [9.17, 15) is 4.79 Å². The molecule has 4 aromatic rings. The normalized spacial score (nSPS) is 12.3. The van der Waals surface area contributed by atoms with Gasteiger partial charge in [0.2, 0.25) is 0 Å². The fourth-order valence-electron chi connectivity index (χ4n) is 4.07. The van der Waals surface area contributed by atoms with E-state index in [-0.39, 0.29) is 5.91 Å². The van der Waals surface area contributed by atoms with Crippen molar-refractivity contribution in [2.24, 2.45) is 0 Å². The number of carbonyl (C=O) groups is 1. The summed E-state index contributed by atoms with van der Waals surface area (Å²) in [6.07, 6.45) is 0. The van der Waals surface area contributed by atoms with Crippen LogP contribution in [0.4, 0.5) is 0 Å². The molecule has 170 valence electrons. The molecule has 1 amide bonds. The third kappa shape index (κ3) is 5.00. The maximum Gasteiger partial charge on any atom is 0.259 e. The van der Waals surface area contributed by atoms with Gasteiger partial charge in [0.15, 0.2) is 0 Å². The van der Waals surface area contributed by atoms with Gasteiger partial charge in [-0.2, -0.15) is 0 Å². The minimum Gasteiger partial charge on any atom is -0.489 e. The lowest BCUT2D eigenvalue weighted by molar-refractivity contribution is 0.0745.